The van der Waals surface area contributed by atoms with Crippen molar-refractivity contribution in [2.45, 2.75) is 18.8 Å². The lowest BCUT2D eigenvalue weighted by molar-refractivity contribution is 0.536. The normalized spacial score (nSPS) is 18.3. The van der Waals surface area contributed by atoms with E-state index in [0.29, 0.717) is 0 Å². The first-order chi connectivity index (χ1) is 7.42. The summed E-state index contributed by atoms with van der Waals surface area (Å²) < 4.78 is 0. The third kappa shape index (κ3) is 2.76. The highest BCUT2D eigenvalue weighted by molar-refractivity contribution is 7.98. The SMILES string of the molecule is CSCCCNCC1Cc2ccccc21. The molecule has 2 heteroatoms. The summed E-state index contributed by atoms with van der Waals surface area (Å²) in [5, 5.41) is 3.55. The summed E-state index contributed by atoms with van der Waals surface area (Å²) in [6.45, 7) is 2.32. The molecule has 82 valence electrons. The molecule has 0 amide bonds. The van der Waals surface area contributed by atoms with Gasteiger partial charge in [-0.3, -0.25) is 0 Å². The van der Waals surface area contributed by atoms with Crippen LogP contribution in [0.2, 0.25) is 0 Å². The summed E-state index contributed by atoms with van der Waals surface area (Å²) in [6.07, 6.45) is 4.73. The highest BCUT2D eigenvalue weighted by atomic mass is 32.2. The Morgan fingerprint density at radius 3 is 3.07 bits per heavy atom. The standard InChI is InChI=1S/C13H19NS/c1-15-8-4-7-14-10-12-9-11-5-2-3-6-13(11)12/h2-3,5-6,12,14H,4,7-10H2,1H3. The van der Waals surface area contributed by atoms with E-state index < -0.39 is 0 Å². The Balaban J connectivity index is 1.67. The van der Waals surface area contributed by atoms with Gasteiger partial charge in [-0.15, -0.1) is 0 Å². The van der Waals surface area contributed by atoms with Gasteiger partial charge in [0.05, 0.1) is 0 Å². The van der Waals surface area contributed by atoms with Gasteiger partial charge in [-0.1, -0.05) is 24.3 Å². The molecule has 15 heavy (non-hydrogen) atoms. The van der Waals surface area contributed by atoms with Gasteiger partial charge in [-0.25, -0.2) is 0 Å². The molecule has 1 aromatic carbocycles. The van der Waals surface area contributed by atoms with Crippen LogP contribution in [-0.2, 0) is 6.42 Å². The Morgan fingerprint density at radius 2 is 2.27 bits per heavy atom. The minimum absolute atomic E-state index is 0.774. The van der Waals surface area contributed by atoms with Crippen molar-refractivity contribution in [3.63, 3.8) is 0 Å². The van der Waals surface area contributed by atoms with Gasteiger partial charge in [-0.05, 0) is 42.5 Å². The first kappa shape index (κ1) is 11.0. The maximum Gasteiger partial charge on any atom is 0.00234 e. The number of rotatable bonds is 6. The monoisotopic (exact) mass is 221 g/mol. The fraction of sp³-hybridized carbons (Fsp3) is 0.538. The number of hydrogen-bond donors (Lipinski definition) is 1. The molecule has 2 rings (SSSR count). The van der Waals surface area contributed by atoms with Crippen LogP contribution >= 0.6 is 11.8 Å². The lowest BCUT2D eigenvalue weighted by Crippen LogP contribution is -2.29. The van der Waals surface area contributed by atoms with Crippen LogP contribution in [0.1, 0.15) is 23.5 Å². The fourth-order valence-corrected chi connectivity index (χ4v) is 2.60. The van der Waals surface area contributed by atoms with Crippen LogP contribution in [0.15, 0.2) is 24.3 Å². The van der Waals surface area contributed by atoms with Gasteiger partial charge >= 0.3 is 0 Å². The minimum Gasteiger partial charge on any atom is -0.316 e. The summed E-state index contributed by atoms with van der Waals surface area (Å²) in [7, 11) is 0. The van der Waals surface area contributed by atoms with E-state index in [1.807, 2.05) is 11.8 Å². The molecule has 0 fully saturated rings. The Hall–Kier alpha value is -0.470. The van der Waals surface area contributed by atoms with Crippen molar-refractivity contribution in [1.29, 1.82) is 0 Å². The molecule has 1 unspecified atom stereocenters. The number of fused-ring (bicyclic) bond motifs is 1. The molecule has 1 nitrogen and oxygen atoms in total. The van der Waals surface area contributed by atoms with Gasteiger partial charge in [0, 0.05) is 12.5 Å². The first-order valence-corrected chi connectivity index (χ1v) is 7.08. The molecule has 1 aromatic rings. The van der Waals surface area contributed by atoms with E-state index in [1.54, 1.807) is 11.1 Å². The zero-order chi connectivity index (χ0) is 10.5. The molecular formula is C13H19NS. The quantitative estimate of drug-likeness (QED) is 0.741. The Morgan fingerprint density at radius 1 is 1.40 bits per heavy atom. The van der Waals surface area contributed by atoms with Crippen LogP contribution in [0.3, 0.4) is 0 Å². The summed E-state index contributed by atoms with van der Waals surface area (Å²) in [5.74, 6) is 2.05. The van der Waals surface area contributed by atoms with Crippen LogP contribution in [0.4, 0.5) is 0 Å². The van der Waals surface area contributed by atoms with Crippen molar-refractivity contribution < 1.29 is 0 Å². The van der Waals surface area contributed by atoms with E-state index in [9.17, 15) is 0 Å². The lowest BCUT2D eigenvalue weighted by atomic mass is 9.77. The summed E-state index contributed by atoms with van der Waals surface area (Å²) in [4.78, 5) is 0. The highest BCUT2D eigenvalue weighted by Crippen LogP contribution is 2.33. The Labute approximate surface area is 96.7 Å². The molecular weight excluding hydrogens is 202 g/mol. The lowest BCUT2D eigenvalue weighted by Gasteiger charge is -2.30. The van der Waals surface area contributed by atoms with Gasteiger partial charge < -0.3 is 5.32 Å². The molecule has 0 saturated carbocycles. The zero-order valence-corrected chi connectivity index (χ0v) is 10.1. The van der Waals surface area contributed by atoms with E-state index in [1.165, 1.54) is 25.1 Å². The molecule has 0 aromatic heterocycles. The number of thioether (sulfide) groups is 1. The molecule has 0 aliphatic heterocycles. The predicted molar refractivity (Wildman–Crippen MR) is 68.8 cm³/mol. The number of hydrogen-bond acceptors (Lipinski definition) is 2. The van der Waals surface area contributed by atoms with Gasteiger partial charge in [-0.2, -0.15) is 11.8 Å². The van der Waals surface area contributed by atoms with Crippen molar-refractivity contribution >= 4 is 11.8 Å². The Bertz CT molecular complexity index is 311. The van der Waals surface area contributed by atoms with E-state index in [2.05, 4.69) is 35.8 Å². The maximum absolute atomic E-state index is 3.55. The largest absolute Gasteiger partial charge is 0.316 e. The predicted octanol–water partition coefficient (Wildman–Crippen LogP) is 2.67. The highest BCUT2D eigenvalue weighted by Gasteiger charge is 2.24. The Kier molecular flexibility index (Phi) is 4.09. The molecule has 1 atom stereocenters. The average molecular weight is 221 g/mol. The minimum atomic E-state index is 0.774. The molecule has 1 aliphatic rings. The van der Waals surface area contributed by atoms with Crippen molar-refractivity contribution in [3.05, 3.63) is 35.4 Å². The van der Waals surface area contributed by atoms with Crippen molar-refractivity contribution in [2.75, 3.05) is 25.1 Å². The van der Waals surface area contributed by atoms with Crippen LogP contribution in [0, 0.1) is 0 Å². The molecule has 0 spiro atoms. The second-order valence-corrected chi connectivity index (χ2v) is 5.14. The number of benzene rings is 1. The van der Waals surface area contributed by atoms with Crippen molar-refractivity contribution in [2.24, 2.45) is 0 Å². The molecule has 1 N–H and O–H groups in total. The fourth-order valence-electron chi connectivity index (χ4n) is 2.16. The van der Waals surface area contributed by atoms with Crippen LogP contribution < -0.4 is 5.32 Å². The van der Waals surface area contributed by atoms with Crippen LogP contribution in [0.25, 0.3) is 0 Å². The van der Waals surface area contributed by atoms with Crippen LogP contribution in [-0.4, -0.2) is 25.1 Å². The molecule has 0 radical (unpaired) electrons. The van der Waals surface area contributed by atoms with E-state index in [4.69, 9.17) is 0 Å². The second kappa shape index (κ2) is 5.57. The van der Waals surface area contributed by atoms with Gasteiger partial charge in [0.2, 0.25) is 0 Å². The van der Waals surface area contributed by atoms with Crippen molar-refractivity contribution in [1.82, 2.24) is 5.32 Å². The van der Waals surface area contributed by atoms with E-state index in [-0.39, 0.29) is 0 Å². The summed E-state index contributed by atoms with van der Waals surface area (Å²) >= 11 is 1.93. The molecule has 0 bridgehead atoms. The molecule has 0 saturated heterocycles. The zero-order valence-electron chi connectivity index (χ0n) is 9.33. The number of nitrogens with one attached hydrogen (secondary N) is 1. The van der Waals surface area contributed by atoms with Gasteiger partial charge in [0.15, 0.2) is 0 Å². The average Bonchev–Trinajstić information content (AvgIpc) is 2.24. The maximum atomic E-state index is 3.55. The second-order valence-electron chi connectivity index (χ2n) is 4.15. The smallest absolute Gasteiger partial charge is 0.00234 e. The van der Waals surface area contributed by atoms with Gasteiger partial charge in [0.25, 0.3) is 0 Å². The van der Waals surface area contributed by atoms with Crippen molar-refractivity contribution in [3.8, 4) is 0 Å². The molecule has 0 heterocycles. The molecule has 1 aliphatic carbocycles. The van der Waals surface area contributed by atoms with Gasteiger partial charge in [0.1, 0.15) is 0 Å². The summed E-state index contributed by atoms with van der Waals surface area (Å²) in [6, 6.07) is 8.81. The van der Waals surface area contributed by atoms with E-state index in [0.717, 1.165) is 12.5 Å². The first-order valence-electron chi connectivity index (χ1n) is 5.69. The van der Waals surface area contributed by atoms with E-state index >= 15 is 0 Å². The third-order valence-corrected chi connectivity index (χ3v) is 3.75. The summed E-state index contributed by atoms with van der Waals surface area (Å²) in [5.41, 5.74) is 3.11. The van der Waals surface area contributed by atoms with Crippen LogP contribution in [0.5, 0.6) is 0 Å². The third-order valence-electron chi connectivity index (χ3n) is 3.05. The topological polar surface area (TPSA) is 12.0 Å².